The Balaban J connectivity index is 1.31. The number of hydrogen-bond acceptors (Lipinski definition) is 2. The van der Waals surface area contributed by atoms with Gasteiger partial charge in [-0.05, 0) is 43.4 Å². The topological polar surface area (TPSA) is 38.1 Å². The molecular weight excluding hydrogens is 329 g/mol. The molecule has 2 aliphatic rings. The summed E-state index contributed by atoms with van der Waals surface area (Å²) >= 11 is 0. The molecule has 26 heavy (non-hydrogen) atoms. The molecule has 4 rings (SSSR count). The van der Waals surface area contributed by atoms with Crippen molar-refractivity contribution in [2.75, 3.05) is 13.1 Å². The lowest BCUT2D eigenvalue weighted by Crippen LogP contribution is -2.39. The summed E-state index contributed by atoms with van der Waals surface area (Å²) in [5.74, 6) is 0.850. The summed E-state index contributed by atoms with van der Waals surface area (Å²) in [5, 5.41) is 0. The van der Waals surface area contributed by atoms with E-state index in [1.165, 1.54) is 38.2 Å². The molecule has 2 aromatic rings. The second-order valence-corrected chi connectivity index (χ2v) is 7.94. The van der Waals surface area contributed by atoms with Gasteiger partial charge in [0.2, 0.25) is 5.91 Å². The van der Waals surface area contributed by atoms with E-state index in [9.17, 15) is 9.18 Å². The molecule has 1 saturated carbocycles. The summed E-state index contributed by atoms with van der Waals surface area (Å²) in [6.45, 7) is 1.59. The third-order valence-corrected chi connectivity index (χ3v) is 6.24. The van der Waals surface area contributed by atoms with Crippen LogP contribution in [0, 0.1) is 11.7 Å². The van der Waals surface area contributed by atoms with Crippen LogP contribution in [0.2, 0.25) is 0 Å². The summed E-state index contributed by atoms with van der Waals surface area (Å²) < 4.78 is 15.7. The fraction of sp³-hybridized carbons (Fsp3) is 0.619. The molecule has 1 saturated heterocycles. The minimum absolute atomic E-state index is 0.227. The van der Waals surface area contributed by atoms with Gasteiger partial charge in [-0.25, -0.2) is 9.37 Å². The number of rotatable bonds is 4. The van der Waals surface area contributed by atoms with Gasteiger partial charge in [0.15, 0.2) is 0 Å². The molecule has 0 N–H and O–H groups in total. The molecule has 0 bridgehead atoms. The van der Waals surface area contributed by atoms with Gasteiger partial charge in [0.1, 0.15) is 5.82 Å². The zero-order valence-electron chi connectivity index (χ0n) is 15.4. The van der Waals surface area contributed by atoms with Crippen molar-refractivity contribution in [2.45, 2.75) is 63.8 Å². The fourth-order valence-electron chi connectivity index (χ4n) is 4.65. The Morgan fingerprint density at radius 3 is 2.65 bits per heavy atom. The molecule has 4 nitrogen and oxygen atoms in total. The van der Waals surface area contributed by atoms with Gasteiger partial charge in [-0.3, -0.25) is 4.79 Å². The first-order valence-electron chi connectivity index (χ1n) is 10.1. The number of imidazole rings is 1. The predicted octanol–water partition coefficient (Wildman–Crippen LogP) is 4.70. The Morgan fingerprint density at radius 1 is 1.12 bits per heavy atom. The van der Waals surface area contributed by atoms with Crippen LogP contribution in [-0.4, -0.2) is 33.4 Å². The highest BCUT2D eigenvalue weighted by Gasteiger charge is 2.25. The first kappa shape index (κ1) is 17.5. The van der Waals surface area contributed by atoms with Crippen molar-refractivity contribution >= 4 is 16.9 Å². The quantitative estimate of drug-likeness (QED) is 0.795. The molecule has 1 aromatic carbocycles. The molecule has 0 unspecified atom stereocenters. The molecule has 5 heteroatoms. The maximum Gasteiger partial charge on any atom is 0.222 e. The summed E-state index contributed by atoms with van der Waals surface area (Å²) in [6, 6.07) is 5.03. The van der Waals surface area contributed by atoms with Gasteiger partial charge >= 0.3 is 0 Å². The van der Waals surface area contributed by atoms with Gasteiger partial charge in [0.05, 0.1) is 17.4 Å². The van der Waals surface area contributed by atoms with Crippen molar-refractivity contribution < 1.29 is 9.18 Å². The summed E-state index contributed by atoms with van der Waals surface area (Å²) in [4.78, 5) is 19.0. The van der Waals surface area contributed by atoms with E-state index in [1.54, 1.807) is 12.1 Å². The second kappa shape index (κ2) is 7.77. The van der Waals surface area contributed by atoms with E-state index in [4.69, 9.17) is 0 Å². The van der Waals surface area contributed by atoms with Crippen molar-refractivity contribution in [1.29, 1.82) is 0 Å². The molecule has 140 valence electrons. The molecule has 1 aliphatic carbocycles. The molecule has 0 radical (unpaired) electrons. The standard InChI is InChI=1S/C21H28FN3O/c22-17-7-8-19-20(14-17)25(15-23-19)18-10-12-24(13-11-18)21(26)9-6-16-4-2-1-3-5-16/h7-8,14-16,18H,1-6,9-13H2. The number of carbonyl (C=O) groups excluding carboxylic acids is 1. The van der Waals surface area contributed by atoms with Crippen molar-refractivity contribution in [3.05, 3.63) is 30.3 Å². The van der Waals surface area contributed by atoms with Gasteiger partial charge in [-0.2, -0.15) is 0 Å². The Kier molecular flexibility index (Phi) is 5.23. The lowest BCUT2D eigenvalue weighted by atomic mass is 9.86. The molecule has 0 atom stereocenters. The van der Waals surface area contributed by atoms with Gasteiger partial charge in [0, 0.05) is 25.6 Å². The van der Waals surface area contributed by atoms with Crippen LogP contribution < -0.4 is 0 Å². The van der Waals surface area contributed by atoms with Crippen LogP contribution in [0.15, 0.2) is 24.5 Å². The SMILES string of the molecule is O=C(CCC1CCCCC1)N1CCC(n2cnc3ccc(F)cc32)CC1. The van der Waals surface area contributed by atoms with E-state index in [0.29, 0.717) is 18.4 Å². The Bertz CT molecular complexity index is 758. The van der Waals surface area contributed by atoms with Crippen LogP contribution in [0.5, 0.6) is 0 Å². The number of amides is 1. The summed E-state index contributed by atoms with van der Waals surface area (Å²) in [5.41, 5.74) is 1.68. The van der Waals surface area contributed by atoms with Crippen LogP contribution in [-0.2, 0) is 4.79 Å². The zero-order chi connectivity index (χ0) is 17.9. The minimum Gasteiger partial charge on any atom is -0.343 e. The highest BCUT2D eigenvalue weighted by Crippen LogP contribution is 2.29. The first-order chi connectivity index (χ1) is 12.7. The smallest absolute Gasteiger partial charge is 0.222 e. The highest BCUT2D eigenvalue weighted by atomic mass is 19.1. The average Bonchev–Trinajstić information content (AvgIpc) is 3.10. The van der Waals surface area contributed by atoms with E-state index in [-0.39, 0.29) is 5.82 Å². The Hall–Kier alpha value is -1.91. The summed E-state index contributed by atoms with van der Waals surface area (Å²) in [7, 11) is 0. The van der Waals surface area contributed by atoms with Crippen LogP contribution in [0.3, 0.4) is 0 Å². The number of piperidine rings is 1. The van der Waals surface area contributed by atoms with Crippen LogP contribution in [0.25, 0.3) is 11.0 Å². The predicted molar refractivity (Wildman–Crippen MR) is 100 cm³/mol. The van der Waals surface area contributed by atoms with Gasteiger partial charge in [-0.15, -0.1) is 0 Å². The number of hydrogen-bond donors (Lipinski definition) is 0. The number of benzene rings is 1. The monoisotopic (exact) mass is 357 g/mol. The number of likely N-dealkylation sites (tertiary alicyclic amines) is 1. The van der Waals surface area contributed by atoms with E-state index in [1.807, 2.05) is 11.2 Å². The largest absolute Gasteiger partial charge is 0.343 e. The normalized spacial score (nSPS) is 20.0. The van der Waals surface area contributed by atoms with Crippen LogP contribution in [0.1, 0.15) is 63.8 Å². The average molecular weight is 357 g/mol. The molecule has 1 aliphatic heterocycles. The molecule has 2 heterocycles. The molecule has 0 spiro atoms. The number of fused-ring (bicyclic) bond motifs is 1. The molecular formula is C21H28FN3O. The van der Waals surface area contributed by atoms with Crippen molar-refractivity contribution in [2.24, 2.45) is 5.92 Å². The van der Waals surface area contributed by atoms with E-state index < -0.39 is 0 Å². The van der Waals surface area contributed by atoms with Crippen LogP contribution >= 0.6 is 0 Å². The van der Waals surface area contributed by atoms with Gasteiger partial charge in [0.25, 0.3) is 0 Å². The molecule has 1 aromatic heterocycles. The maximum atomic E-state index is 13.6. The van der Waals surface area contributed by atoms with Crippen molar-refractivity contribution in [3.63, 3.8) is 0 Å². The van der Waals surface area contributed by atoms with Crippen molar-refractivity contribution in [3.8, 4) is 0 Å². The highest BCUT2D eigenvalue weighted by molar-refractivity contribution is 5.76. The van der Waals surface area contributed by atoms with Crippen molar-refractivity contribution in [1.82, 2.24) is 14.5 Å². The Morgan fingerprint density at radius 2 is 1.88 bits per heavy atom. The second-order valence-electron chi connectivity index (χ2n) is 7.94. The summed E-state index contributed by atoms with van der Waals surface area (Å²) in [6.07, 6.45) is 12.1. The van der Waals surface area contributed by atoms with Crippen LogP contribution in [0.4, 0.5) is 4.39 Å². The lowest BCUT2D eigenvalue weighted by Gasteiger charge is -2.33. The first-order valence-corrected chi connectivity index (χ1v) is 10.1. The zero-order valence-corrected chi connectivity index (χ0v) is 15.4. The van der Waals surface area contributed by atoms with E-state index in [0.717, 1.165) is 49.3 Å². The molecule has 2 fully saturated rings. The third-order valence-electron chi connectivity index (χ3n) is 6.24. The fourth-order valence-corrected chi connectivity index (χ4v) is 4.65. The number of aromatic nitrogens is 2. The number of carbonyl (C=O) groups is 1. The minimum atomic E-state index is -0.227. The molecule has 1 amide bonds. The van der Waals surface area contributed by atoms with Gasteiger partial charge < -0.3 is 9.47 Å². The van der Waals surface area contributed by atoms with Gasteiger partial charge in [-0.1, -0.05) is 32.1 Å². The van der Waals surface area contributed by atoms with E-state index in [2.05, 4.69) is 9.55 Å². The van der Waals surface area contributed by atoms with E-state index >= 15 is 0 Å². The number of halogens is 1. The lowest BCUT2D eigenvalue weighted by molar-refractivity contribution is -0.132. The Labute approximate surface area is 154 Å². The maximum absolute atomic E-state index is 13.6. The third kappa shape index (κ3) is 3.76. The number of nitrogens with zero attached hydrogens (tertiary/aromatic N) is 3.